The summed E-state index contributed by atoms with van der Waals surface area (Å²) in [7, 11) is -4.71. The maximum atomic E-state index is 10.9. The number of para-hydroxylation sites is 3. The van der Waals surface area contributed by atoms with Crippen molar-refractivity contribution in [2.24, 2.45) is 0 Å². The molecule has 0 amide bonds. The predicted octanol–water partition coefficient (Wildman–Crippen LogP) is 13.3. The summed E-state index contributed by atoms with van der Waals surface area (Å²) in [5, 5.41) is 6.18. The molecule has 0 radical (unpaired) electrons. The van der Waals surface area contributed by atoms with Gasteiger partial charge in [-0.1, -0.05) is 200 Å². The van der Waals surface area contributed by atoms with Crippen LogP contribution in [-0.2, 0) is 0 Å². The molecule has 0 aliphatic carbocycles. The number of hydrogen-bond donors (Lipinski definition) is 0. The quantitative estimate of drug-likeness (QED) is 0.112. The lowest BCUT2D eigenvalue weighted by Gasteiger charge is -2.35. The maximum Gasteiger partial charge on any atom is 0.179 e. The Morgan fingerprint density at radius 3 is 1.58 bits per heavy atom. The second-order valence-electron chi connectivity index (χ2n) is 15.8. The fourth-order valence-corrected chi connectivity index (χ4v) is 15.3. The van der Waals surface area contributed by atoms with Crippen LogP contribution in [0.5, 0.6) is 0 Å². The molecule has 0 spiro atoms. The van der Waals surface area contributed by atoms with Crippen molar-refractivity contribution < 1.29 is 17.8 Å². The van der Waals surface area contributed by atoms with E-state index < -0.39 is 91.7 Å². The fourth-order valence-electron chi connectivity index (χ4n) is 9.81. The van der Waals surface area contributed by atoms with E-state index in [-0.39, 0.29) is 22.1 Å². The summed E-state index contributed by atoms with van der Waals surface area (Å²) in [5.41, 5.74) is 3.25. The first-order valence-corrected chi connectivity index (χ1v) is 23.8. The molecule has 0 aliphatic heterocycles. The molecule has 0 unspecified atom stereocenters. The van der Waals surface area contributed by atoms with Crippen LogP contribution in [0.25, 0.3) is 86.3 Å². The SMILES string of the molecule is [2H]c1c([2H])c([2H])c(-c2c([2H])c([2H])c([2H])c([Si](c3ccccc3)(c3ccccc3)c3c([2H])c([2H])c([2H])c(-n4c5ccccc5c5cc(-n6c7ccccc7c7ccccc76)c6sc7ccccc7c6c54)c3[2H])c2[2H])c([2H])c1[2H]. The summed E-state index contributed by atoms with van der Waals surface area (Å²) in [6.07, 6.45) is 0. The van der Waals surface area contributed by atoms with Crippen LogP contribution in [0, 0.1) is 0 Å². The highest BCUT2D eigenvalue weighted by Crippen LogP contribution is 2.47. The average molecular weight is 862 g/mol. The first-order chi connectivity index (χ1) is 37.2. The Morgan fingerprint density at radius 2 is 0.922 bits per heavy atom. The number of fused-ring (bicyclic) bond motifs is 10. The number of rotatable bonds is 7. The molecule has 3 heterocycles. The summed E-state index contributed by atoms with van der Waals surface area (Å²) in [6.45, 7) is 0. The molecule has 13 aromatic rings. The van der Waals surface area contributed by atoms with Crippen molar-refractivity contribution in [1.29, 1.82) is 0 Å². The van der Waals surface area contributed by atoms with E-state index >= 15 is 0 Å². The Kier molecular flexibility index (Phi) is 5.96. The second-order valence-corrected chi connectivity index (χ2v) is 20.5. The molecule has 2 nitrogen and oxygen atoms in total. The standard InChI is InChI=1S/C60H40N2SSi/c1-4-20-41(21-5-1)42-22-18-28-46(38-42)64(44-24-6-2-7-25-44,45-26-8-3-9-27-45)47-29-19-23-43(39-47)61-53-34-14-12-32-50(53)52-40-56(60-58(59(52)61)51-33-13-17-37-57(51)63-60)62-54-35-15-10-30-48(54)49-31-11-16-36-55(49)62/h1-40H/i1D,4D,5D,18D,19D,20D,21D,22D,23D,28D,29D,38D,39D. The number of aromatic nitrogens is 2. The van der Waals surface area contributed by atoms with Gasteiger partial charge in [-0.15, -0.1) is 11.3 Å². The van der Waals surface area contributed by atoms with Gasteiger partial charge in [0.1, 0.15) is 0 Å². The Bertz CT molecular complexity index is 4560. The number of nitrogens with zero attached hydrogens (tertiary/aromatic N) is 2. The second kappa shape index (κ2) is 14.7. The van der Waals surface area contributed by atoms with E-state index in [2.05, 4.69) is 47.0 Å². The van der Waals surface area contributed by atoms with Gasteiger partial charge in [-0.2, -0.15) is 0 Å². The van der Waals surface area contributed by atoms with Gasteiger partial charge >= 0.3 is 0 Å². The molecule has 4 heteroatoms. The molecule has 0 bridgehead atoms. The topological polar surface area (TPSA) is 9.86 Å². The third kappa shape index (κ3) is 5.43. The van der Waals surface area contributed by atoms with Crippen LogP contribution in [0.3, 0.4) is 0 Å². The van der Waals surface area contributed by atoms with Crippen LogP contribution < -0.4 is 20.7 Å². The van der Waals surface area contributed by atoms with E-state index in [1.54, 1.807) is 72.0 Å². The maximum absolute atomic E-state index is 10.9. The first-order valence-electron chi connectivity index (χ1n) is 27.5. The van der Waals surface area contributed by atoms with E-state index in [4.69, 9.17) is 6.85 Å². The molecule has 64 heavy (non-hydrogen) atoms. The van der Waals surface area contributed by atoms with E-state index in [0.29, 0.717) is 21.4 Å². The Labute approximate surface area is 394 Å². The lowest BCUT2D eigenvalue weighted by Crippen LogP contribution is -2.74. The van der Waals surface area contributed by atoms with E-state index in [1.165, 1.54) is 0 Å². The van der Waals surface area contributed by atoms with E-state index in [9.17, 15) is 11.0 Å². The zero-order valence-electron chi connectivity index (χ0n) is 46.9. The monoisotopic (exact) mass is 861 g/mol. The Morgan fingerprint density at radius 1 is 0.406 bits per heavy atom. The fraction of sp³-hybridized carbons (Fsp3) is 0. The van der Waals surface area contributed by atoms with Crippen molar-refractivity contribution in [2.45, 2.75) is 0 Å². The highest BCUT2D eigenvalue weighted by Gasteiger charge is 2.42. The van der Waals surface area contributed by atoms with Gasteiger partial charge in [-0.25, -0.2) is 0 Å². The molecule has 0 saturated heterocycles. The Balaban J connectivity index is 1.23. The van der Waals surface area contributed by atoms with Crippen molar-refractivity contribution in [1.82, 2.24) is 9.13 Å². The molecular weight excluding hydrogens is 809 g/mol. The van der Waals surface area contributed by atoms with Gasteiger partial charge in [0.05, 0.1) is 50.3 Å². The third-order valence-corrected chi connectivity index (χ3v) is 18.0. The van der Waals surface area contributed by atoms with Crippen LogP contribution in [0.2, 0.25) is 0 Å². The Hall–Kier alpha value is -7.76. The molecule has 0 fully saturated rings. The molecule has 0 saturated carbocycles. The summed E-state index contributed by atoms with van der Waals surface area (Å²) in [5.74, 6) is 0. The number of benzene rings is 10. The van der Waals surface area contributed by atoms with Gasteiger partial charge in [-0.05, 0) is 74.3 Å². The van der Waals surface area contributed by atoms with Crippen LogP contribution in [-0.4, -0.2) is 17.2 Å². The summed E-state index contributed by atoms with van der Waals surface area (Å²) < 4.78 is 130. The van der Waals surface area contributed by atoms with Crippen molar-refractivity contribution in [2.75, 3.05) is 0 Å². The lowest BCUT2D eigenvalue weighted by molar-refractivity contribution is 1.18. The van der Waals surface area contributed by atoms with Crippen molar-refractivity contribution >= 4 is 104 Å². The molecule has 3 aromatic heterocycles. The molecule has 0 atom stereocenters. The van der Waals surface area contributed by atoms with Gasteiger partial charge in [0.15, 0.2) is 8.07 Å². The van der Waals surface area contributed by atoms with E-state index in [0.717, 1.165) is 58.4 Å². The minimum Gasteiger partial charge on any atom is -0.309 e. The minimum absolute atomic E-state index is 0.0238. The zero-order chi connectivity index (χ0) is 53.5. The molecule has 0 N–H and O–H groups in total. The predicted molar refractivity (Wildman–Crippen MR) is 277 cm³/mol. The van der Waals surface area contributed by atoms with Crippen LogP contribution in [0.4, 0.5) is 0 Å². The average Bonchev–Trinajstić information content (AvgIpc) is 4.25. The van der Waals surface area contributed by atoms with Crippen molar-refractivity contribution in [3.63, 3.8) is 0 Å². The zero-order valence-corrected chi connectivity index (χ0v) is 35.7. The van der Waals surface area contributed by atoms with Crippen LogP contribution in [0.15, 0.2) is 242 Å². The number of hydrogen-bond acceptors (Lipinski definition) is 1. The van der Waals surface area contributed by atoms with Gasteiger partial charge < -0.3 is 9.13 Å². The van der Waals surface area contributed by atoms with Gasteiger partial charge in [0, 0.05) is 42.7 Å². The highest BCUT2D eigenvalue weighted by molar-refractivity contribution is 7.26. The lowest BCUT2D eigenvalue weighted by atomic mass is 10.1. The first kappa shape index (κ1) is 26.0. The molecule has 300 valence electrons. The highest BCUT2D eigenvalue weighted by atomic mass is 32.1. The molecule has 13 rings (SSSR count). The minimum atomic E-state index is -4.71. The molecule has 10 aromatic carbocycles. The van der Waals surface area contributed by atoms with E-state index in [1.807, 2.05) is 65.2 Å². The van der Waals surface area contributed by atoms with Gasteiger partial charge in [0.2, 0.25) is 0 Å². The molecule has 0 aliphatic rings. The third-order valence-electron chi connectivity index (χ3n) is 12.5. The van der Waals surface area contributed by atoms with Gasteiger partial charge in [-0.3, -0.25) is 0 Å². The van der Waals surface area contributed by atoms with Crippen LogP contribution >= 0.6 is 11.3 Å². The normalized spacial score (nSPS) is 14.9. The summed E-state index contributed by atoms with van der Waals surface area (Å²) in [6, 6.07) is 44.4. The van der Waals surface area contributed by atoms with Crippen LogP contribution in [0.1, 0.15) is 17.8 Å². The van der Waals surface area contributed by atoms with Crippen molar-refractivity contribution in [3.8, 4) is 22.5 Å². The number of thiophene rings is 1. The summed E-state index contributed by atoms with van der Waals surface area (Å²) in [4.78, 5) is 0. The molecular formula is C60H40N2SSi. The van der Waals surface area contributed by atoms with Gasteiger partial charge in [0.25, 0.3) is 0 Å². The smallest absolute Gasteiger partial charge is 0.179 e. The largest absolute Gasteiger partial charge is 0.309 e. The summed E-state index contributed by atoms with van der Waals surface area (Å²) >= 11 is 1.63. The van der Waals surface area contributed by atoms with Crippen molar-refractivity contribution in [3.05, 3.63) is 242 Å².